The molecule has 0 atom stereocenters. The number of esters is 1. The summed E-state index contributed by atoms with van der Waals surface area (Å²) in [5, 5.41) is -0.0482. The van der Waals surface area contributed by atoms with E-state index in [9.17, 15) is 17.6 Å². The second-order valence-corrected chi connectivity index (χ2v) is 10.7. The fourth-order valence-electron chi connectivity index (χ4n) is 4.50. The zero-order valence-electron chi connectivity index (χ0n) is 19.9. The molecule has 194 valence electrons. The Balaban J connectivity index is 1.72. The van der Waals surface area contributed by atoms with Gasteiger partial charge in [0.2, 0.25) is 0 Å². The molecule has 0 radical (unpaired) electrons. The Labute approximate surface area is 218 Å². The van der Waals surface area contributed by atoms with Crippen LogP contribution >= 0.6 is 11.6 Å². The summed E-state index contributed by atoms with van der Waals surface area (Å²) in [5.41, 5.74) is 2.91. The lowest BCUT2D eigenvalue weighted by Crippen LogP contribution is -2.36. The molecule has 3 aromatic rings. The molecule has 0 saturated carbocycles. The maximum absolute atomic E-state index is 14.4. The van der Waals surface area contributed by atoms with Crippen molar-refractivity contribution in [1.82, 2.24) is 0 Å². The molecule has 3 aromatic carbocycles. The number of benzene rings is 3. The van der Waals surface area contributed by atoms with E-state index in [2.05, 4.69) is 9.62 Å². The van der Waals surface area contributed by atoms with Crippen LogP contribution in [0.5, 0.6) is 5.75 Å². The van der Waals surface area contributed by atoms with Gasteiger partial charge in [-0.15, -0.1) is 0 Å². The van der Waals surface area contributed by atoms with Crippen molar-refractivity contribution >= 4 is 39.0 Å². The number of sulfonamides is 1. The van der Waals surface area contributed by atoms with Crippen molar-refractivity contribution < 1.29 is 31.8 Å². The SMILES string of the molecule is COc1c(Cl)cc2cc1S(=O)(=O)Nc1cc(cc(N3CCOCC3)c1)-c1cc(F)ccc1CCOC2=O. The first kappa shape index (κ1) is 25.3. The molecular weight excluding hydrogens is 523 g/mol. The Bertz CT molecular complexity index is 1470. The maximum atomic E-state index is 14.4. The van der Waals surface area contributed by atoms with Gasteiger partial charge in [-0.1, -0.05) is 17.7 Å². The lowest BCUT2D eigenvalue weighted by atomic mass is 9.96. The van der Waals surface area contributed by atoms with Crippen LogP contribution in [0.25, 0.3) is 11.1 Å². The van der Waals surface area contributed by atoms with Gasteiger partial charge in [0.25, 0.3) is 10.0 Å². The highest BCUT2D eigenvalue weighted by molar-refractivity contribution is 7.92. The van der Waals surface area contributed by atoms with Gasteiger partial charge in [-0.3, -0.25) is 4.72 Å². The summed E-state index contributed by atoms with van der Waals surface area (Å²) in [5.74, 6) is -1.28. The minimum atomic E-state index is -4.27. The average molecular weight is 547 g/mol. The molecule has 2 heterocycles. The van der Waals surface area contributed by atoms with E-state index in [1.807, 2.05) is 6.07 Å². The summed E-state index contributed by atoms with van der Waals surface area (Å²) in [4.78, 5) is 14.5. The van der Waals surface area contributed by atoms with E-state index in [0.29, 0.717) is 43.9 Å². The number of hydrogen-bond donors (Lipinski definition) is 1. The highest BCUT2D eigenvalue weighted by atomic mass is 35.5. The summed E-state index contributed by atoms with van der Waals surface area (Å²) in [6.45, 7) is 2.30. The zero-order chi connectivity index (χ0) is 26.2. The van der Waals surface area contributed by atoms with Gasteiger partial charge in [0.05, 0.1) is 43.2 Å². The first-order valence-corrected chi connectivity index (χ1v) is 13.5. The highest BCUT2D eigenvalue weighted by Gasteiger charge is 2.26. The standard InChI is InChI=1S/C26H24ClFN2O6S/c1-34-25-23(27)12-18-13-24(25)37(32,33)29-20-10-17(11-21(15-20)30-5-8-35-9-6-30)22-14-19(28)3-2-16(22)4-7-36-26(18)31/h2-3,10-15,29H,4-9H2,1H3. The molecule has 37 heavy (non-hydrogen) atoms. The van der Waals surface area contributed by atoms with E-state index >= 15 is 0 Å². The summed E-state index contributed by atoms with van der Waals surface area (Å²) in [6, 6.07) is 12.1. The molecule has 1 saturated heterocycles. The van der Waals surface area contributed by atoms with E-state index in [1.54, 1.807) is 18.2 Å². The molecule has 0 aromatic heterocycles. The van der Waals surface area contributed by atoms with Crippen LogP contribution in [0.3, 0.4) is 0 Å². The predicted octanol–water partition coefficient (Wildman–Crippen LogP) is 4.51. The normalized spacial score (nSPS) is 17.2. The molecule has 0 aliphatic carbocycles. The lowest BCUT2D eigenvalue weighted by molar-refractivity contribution is 0.0509. The molecule has 4 bridgehead atoms. The van der Waals surface area contributed by atoms with E-state index < -0.39 is 21.8 Å². The second kappa shape index (κ2) is 10.2. The number of hydrogen-bond acceptors (Lipinski definition) is 7. The lowest BCUT2D eigenvalue weighted by Gasteiger charge is -2.30. The zero-order valence-corrected chi connectivity index (χ0v) is 21.5. The van der Waals surface area contributed by atoms with Gasteiger partial charge in [-0.25, -0.2) is 17.6 Å². The number of methoxy groups -OCH3 is 1. The van der Waals surface area contributed by atoms with Crippen LogP contribution in [0.1, 0.15) is 15.9 Å². The smallest absolute Gasteiger partial charge is 0.338 e. The summed E-state index contributed by atoms with van der Waals surface area (Å²) < 4.78 is 60.3. The predicted molar refractivity (Wildman–Crippen MR) is 138 cm³/mol. The third-order valence-corrected chi connectivity index (χ3v) is 7.94. The number of nitrogens with zero attached hydrogens (tertiary/aromatic N) is 1. The number of carbonyl (C=O) groups excluding carboxylic acids is 1. The minimum Gasteiger partial charge on any atom is -0.494 e. The van der Waals surface area contributed by atoms with Crippen molar-refractivity contribution in [2.75, 3.05) is 49.6 Å². The van der Waals surface area contributed by atoms with Crippen LogP contribution in [0.2, 0.25) is 5.02 Å². The Morgan fingerprint density at radius 2 is 1.81 bits per heavy atom. The molecule has 8 nitrogen and oxygen atoms in total. The summed E-state index contributed by atoms with van der Waals surface area (Å²) in [6.07, 6.45) is 0.320. The Hall–Kier alpha value is -3.34. The maximum Gasteiger partial charge on any atom is 0.338 e. The minimum absolute atomic E-state index is 0.00252. The van der Waals surface area contributed by atoms with Gasteiger partial charge in [-0.2, -0.15) is 0 Å². The molecule has 2 aliphatic heterocycles. The van der Waals surface area contributed by atoms with Crippen LogP contribution in [0, 0.1) is 5.82 Å². The third-order valence-electron chi connectivity index (χ3n) is 6.27. The fraction of sp³-hybridized carbons (Fsp3) is 0.269. The van der Waals surface area contributed by atoms with Gasteiger partial charge >= 0.3 is 5.97 Å². The van der Waals surface area contributed by atoms with E-state index in [4.69, 9.17) is 25.8 Å². The average Bonchev–Trinajstić information content (AvgIpc) is 2.88. The summed E-state index contributed by atoms with van der Waals surface area (Å²) >= 11 is 6.29. The van der Waals surface area contributed by atoms with Crippen LogP contribution in [-0.2, 0) is 25.9 Å². The number of halogens is 2. The van der Waals surface area contributed by atoms with Crippen LogP contribution in [-0.4, -0.2) is 54.4 Å². The van der Waals surface area contributed by atoms with Gasteiger partial charge in [0, 0.05) is 25.2 Å². The third kappa shape index (κ3) is 5.22. The molecule has 2 aliphatic rings. The van der Waals surface area contributed by atoms with Gasteiger partial charge < -0.3 is 19.1 Å². The Kier molecular flexibility index (Phi) is 6.98. The Morgan fingerprint density at radius 1 is 1.03 bits per heavy atom. The molecule has 11 heteroatoms. The highest BCUT2D eigenvalue weighted by Crippen LogP contribution is 2.37. The topological polar surface area (TPSA) is 94.2 Å². The van der Waals surface area contributed by atoms with Crippen molar-refractivity contribution in [1.29, 1.82) is 0 Å². The van der Waals surface area contributed by atoms with Crippen LogP contribution in [0.4, 0.5) is 15.8 Å². The van der Waals surface area contributed by atoms with E-state index in [0.717, 1.165) is 11.3 Å². The number of cyclic esters (lactones) is 1. The van der Waals surface area contributed by atoms with E-state index in [1.165, 1.54) is 31.4 Å². The number of nitrogens with one attached hydrogen (secondary N) is 1. The first-order valence-electron chi connectivity index (χ1n) is 11.6. The second-order valence-electron chi connectivity index (χ2n) is 8.65. The van der Waals surface area contributed by atoms with Gasteiger partial charge in [0.15, 0.2) is 5.75 Å². The quantitative estimate of drug-likeness (QED) is 0.473. The van der Waals surface area contributed by atoms with Gasteiger partial charge in [0.1, 0.15) is 10.7 Å². The number of rotatable bonds is 2. The van der Waals surface area contributed by atoms with Crippen LogP contribution in [0.15, 0.2) is 53.4 Å². The fourth-order valence-corrected chi connectivity index (χ4v) is 6.11. The molecule has 1 fully saturated rings. The number of anilines is 2. The van der Waals surface area contributed by atoms with Crippen molar-refractivity contribution in [2.24, 2.45) is 0 Å². The molecule has 1 N–H and O–H groups in total. The molecule has 0 amide bonds. The number of fused-ring (bicyclic) bond motifs is 6. The van der Waals surface area contributed by atoms with E-state index in [-0.39, 0.29) is 33.5 Å². The first-order chi connectivity index (χ1) is 17.7. The van der Waals surface area contributed by atoms with Crippen molar-refractivity contribution in [3.8, 4) is 16.9 Å². The Morgan fingerprint density at radius 3 is 2.57 bits per heavy atom. The molecule has 0 unspecified atom stereocenters. The van der Waals surface area contributed by atoms with Crippen LogP contribution < -0.4 is 14.4 Å². The number of carbonyl (C=O) groups is 1. The monoisotopic (exact) mass is 546 g/mol. The molecule has 0 spiro atoms. The molecule has 5 rings (SSSR count). The number of ether oxygens (including phenoxy) is 3. The van der Waals surface area contributed by atoms with Gasteiger partial charge in [-0.05, 0) is 59.2 Å². The van der Waals surface area contributed by atoms with Crippen molar-refractivity contribution in [2.45, 2.75) is 11.3 Å². The molecular formula is C26H24ClFN2O6S. The van der Waals surface area contributed by atoms with Crippen molar-refractivity contribution in [3.63, 3.8) is 0 Å². The van der Waals surface area contributed by atoms with Crippen molar-refractivity contribution in [3.05, 3.63) is 70.5 Å². The largest absolute Gasteiger partial charge is 0.494 e. The number of morpholine rings is 1. The summed E-state index contributed by atoms with van der Waals surface area (Å²) in [7, 11) is -2.98.